The topological polar surface area (TPSA) is 72.2 Å². The lowest BCUT2D eigenvalue weighted by atomic mass is 10.2. The van der Waals surface area contributed by atoms with Gasteiger partial charge in [0.15, 0.2) is 0 Å². The SMILES string of the molecule is Cc1ccc(S(=O)(=O)NC2CC2N)cc1F. The maximum atomic E-state index is 13.2. The predicted molar refractivity (Wildman–Crippen MR) is 57.8 cm³/mol. The number of sulfonamides is 1. The molecule has 6 heteroatoms. The van der Waals surface area contributed by atoms with E-state index < -0.39 is 15.8 Å². The predicted octanol–water partition coefficient (Wildman–Crippen LogP) is 0.512. The molecular formula is C10H13FN2O2S. The number of halogens is 1. The first-order chi connectivity index (χ1) is 7.40. The van der Waals surface area contributed by atoms with E-state index in [1.54, 1.807) is 6.92 Å². The normalized spacial score (nSPS) is 24.4. The molecule has 2 unspecified atom stereocenters. The minimum atomic E-state index is -3.64. The smallest absolute Gasteiger partial charge is 0.240 e. The second kappa shape index (κ2) is 3.80. The maximum absolute atomic E-state index is 13.2. The third kappa shape index (κ3) is 2.23. The van der Waals surface area contributed by atoms with Gasteiger partial charge in [0.25, 0.3) is 0 Å². The number of nitrogens with two attached hydrogens (primary N) is 1. The molecule has 1 aliphatic rings. The molecule has 88 valence electrons. The van der Waals surface area contributed by atoms with E-state index in [-0.39, 0.29) is 17.0 Å². The van der Waals surface area contributed by atoms with E-state index in [2.05, 4.69) is 4.72 Å². The van der Waals surface area contributed by atoms with Gasteiger partial charge in [-0.3, -0.25) is 0 Å². The van der Waals surface area contributed by atoms with Gasteiger partial charge in [0, 0.05) is 12.1 Å². The molecule has 3 N–H and O–H groups in total. The second-order valence-corrected chi connectivity index (χ2v) is 5.75. The maximum Gasteiger partial charge on any atom is 0.240 e. The first-order valence-corrected chi connectivity index (χ1v) is 6.42. The molecule has 1 aliphatic carbocycles. The Labute approximate surface area is 93.7 Å². The standard InChI is InChI=1S/C10H13FN2O2S/c1-6-2-3-7(4-8(6)11)16(14,15)13-10-5-9(10)12/h2-4,9-10,13H,5,12H2,1H3. The molecule has 0 heterocycles. The van der Waals surface area contributed by atoms with Crippen LogP contribution in [0.25, 0.3) is 0 Å². The van der Waals surface area contributed by atoms with Crippen molar-refractivity contribution in [3.8, 4) is 0 Å². The van der Waals surface area contributed by atoms with Crippen LogP contribution in [-0.2, 0) is 10.0 Å². The first-order valence-electron chi connectivity index (χ1n) is 4.94. The molecule has 1 aromatic rings. The lowest BCUT2D eigenvalue weighted by Gasteiger charge is -2.06. The Balaban J connectivity index is 2.25. The van der Waals surface area contributed by atoms with Crippen molar-refractivity contribution in [2.45, 2.75) is 30.3 Å². The van der Waals surface area contributed by atoms with Crippen LogP contribution < -0.4 is 10.5 Å². The Bertz CT molecular complexity index is 516. The van der Waals surface area contributed by atoms with Crippen LogP contribution >= 0.6 is 0 Å². The number of aryl methyl sites for hydroxylation is 1. The van der Waals surface area contributed by atoms with Crippen LogP contribution in [0.3, 0.4) is 0 Å². The molecule has 1 fully saturated rings. The van der Waals surface area contributed by atoms with Crippen molar-refractivity contribution in [1.29, 1.82) is 0 Å². The van der Waals surface area contributed by atoms with Gasteiger partial charge in [-0.1, -0.05) is 6.07 Å². The van der Waals surface area contributed by atoms with Gasteiger partial charge in [-0.05, 0) is 31.0 Å². The van der Waals surface area contributed by atoms with Crippen molar-refractivity contribution >= 4 is 10.0 Å². The Morgan fingerprint density at radius 3 is 2.62 bits per heavy atom. The Kier molecular flexibility index (Phi) is 2.73. The molecule has 4 nitrogen and oxygen atoms in total. The van der Waals surface area contributed by atoms with Crippen LogP contribution in [0.1, 0.15) is 12.0 Å². The molecule has 0 aromatic heterocycles. The average molecular weight is 244 g/mol. The van der Waals surface area contributed by atoms with Gasteiger partial charge in [0.05, 0.1) is 4.90 Å². The van der Waals surface area contributed by atoms with E-state index >= 15 is 0 Å². The number of rotatable bonds is 3. The fourth-order valence-corrected chi connectivity index (χ4v) is 2.67. The molecule has 16 heavy (non-hydrogen) atoms. The number of benzene rings is 1. The van der Waals surface area contributed by atoms with E-state index in [1.807, 2.05) is 0 Å². The fraction of sp³-hybridized carbons (Fsp3) is 0.400. The summed E-state index contributed by atoms with van der Waals surface area (Å²) < 4.78 is 39.2. The monoisotopic (exact) mass is 244 g/mol. The molecule has 0 aliphatic heterocycles. The Hall–Kier alpha value is -0.980. The third-order valence-electron chi connectivity index (χ3n) is 2.60. The molecule has 0 amide bonds. The highest BCUT2D eigenvalue weighted by Crippen LogP contribution is 2.22. The van der Waals surface area contributed by atoms with Crippen LogP contribution in [0, 0.1) is 12.7 Å². The summed E-state index contributed by atoms with van der Waals surface area (Å²) in [7, 11) is -3.64. The average Bonchev–Trinajstić information content (AvgIpc) is 2.85. The number of nitrogens with one attached hydrogen (secondary N) is 1. The fourth-order valence-electron chi connectivity index (χ4n) is 1.36. The largest absolute Gasteiger partial charge is 0.326 e. The molecule has 1 saturated carbocycles. The summed E-state index contributed by atoms with van der Waals surface area (Å²) in [5.41, 5.74) is 5.92. The van der Waals surface area contributed by atoms with Crippen molar-refractivity contribution in [3.05, 3.63) is 29.6 Å². The molecule has 2 rings (SSSR count). The lowest BCUT2D eigenvalue weighted by Crippen LogP contribution is -2.29. The zero-order chi connectivity index (χ0) is 11.9. The van der Waals surface area contributed by atoms with Gasteiger partial charge < -0.3 is 5.73 Å². The zero-order valence-corrected chi connectivity index (χ0v) is 9.59. The van der Waals surface area contributed by atoms with Crippen LogP contribution in [0.2, 0.25) is 0 Å². The van der Waals surface area contributed by atoms with Gasteiger partial charge >= 0.3 is 0 Å². The minimum absolute atomic E-state index is 0.0605. The first kappa shape index (κ1) is 11.5. The van der Waals surface area contributed by atoms with Gasteiger partial charge in [-0.25, -0.2) is 17.5 Å². The van der Waals surface area contributed by atoms with E-state index in [0.29, 0.717) is 12.0 Å². The van der Waals surface area contributed by atoms with Crippen molar-refractivity contribution in [2.24, 2.45) is 5.73 Å². The molecule has 0 spiro atoms. The van der Waals surface area contributed by atoms with Crippen LogP contribution in [-0.4, -0.2) is 20.5 Å². The van der Waals surface area contributed by atoms with Crippen LogP contribution in [0.15, 0.2) is 23.1 Å². The molecule has 0 bridgehead atoms. The lowest BCUT2D eigenvalue weighted by molar-refractivity contribution is 0.575. The molecule has 0 saturated heterocycles. The highest BCUT2D eigenvalue weighted by molar-refractivity contribution is 7.89. The van der Waals surface area contributed by atoms with Crippen LogP contribution in [0.4, 0.5) is 4.39 Å². The number of hydrogen-bond acceptors (Lipinski definition) is 3. The van der Waals surface area contributed by atoms with Crippen LogP contribution in [0.5, 0.6) is 0 Å². The minimum Gasteiger partial charge on any atom is -0.326 e. The van der Waals surface area contributed by atoms with Gasteiger partial charge in [-0.2, -0.15) is 0 Å². The van der Waals surface area contributed by atoms with E-state index in [9.17, 15) is 12.8 Å². The summed E-state index contributed by atoms with van der Waals surface area (Å²) >= 11 is 0. The van der Waals surface area contributed by atoms with E-state index in [0.717, 1.165) is 6.07 Å². The summed E-state index contributed by atoms with van der Waals surface area (Å²) in [6.45, 7) is 1.58. The molecule has 0 radical (unpaired) electrons. The number of hydrogen-bond donors (Lipinski definition) is 2. The highest BCUT2D eigenvalue weighted by atomic mass is 32.2. The second-order valence-electron chi connectivity index (χ2n) is 4.04. The molecule has 1 aromatic carbocycles. The molecule has 2 atom stereocenters. The third-order valence-corrected chi connectivity index (χ3v) is 4.09. The summed E-state index contributed by atoms with van der Waals surface area (Å²) in [6, 6.07) is 3.51. The van der Waals surface area contributed by atoms with E-state index in [1.165, 1.54) is 12.1 Å². The summed E-state index contributed by atoms with van der Waals surface area (Å²) in [5, 5.41) is 0. The van der Waals surface area contributed by atoms with Crippen molar-refractivity contribution in [2.75, 3.05) is 0 Å². The van der Waals surface area contributed by atoms with Crippen molar-refractivity contribution in [1.82, 2.24) is 4.72 Å². The van der Waals surface area contributed by atoms with Gasteiger partial charge in [0.1, 0.15) is 5.82 Å². The Morgan fingerprint density at radius 2 is 2.12 bits per heavy atom. The van der Waals surface area contributed by atoms with E-state index in [4.69, 9.17) is 5.73 Å². The van der Waals surface area contributed by atoms with Crippen molar-refractivity contribution in [3.63, 3.8) is 0 Å². The quantitative estimate of drug-likeness (QED) is 0.814. The van der Waals surface area contributed by atoms with Gasteiger partial charge in [0.2, 0.25) is 10.0 Å². The Morgan fingerprint density at radius 1 is 1.50 bits per heavy atom. The summed E-state index contributed by atoms with van der Waals surface area (Å²) in [4.78, 5) is -0.0605. The van der Waals surface area contributed by atoms with Crippen molar-refractivity contribution < 1.29 is 12.8 Å². The molecular weight excluding hydrogens is 231 g/mol. The summed E-state index contributed by atoms with van der Waals surface area (Å²) in [5.74, 6) is -0.525. The zero-order valence-electron chi connectivity index (χ0n) is 8.77. The summed E-state index contributed by atoms with van der Waals surface area (Å²) in [6.07, 6.45) is 0.633. The van der Waals surface area contributed by atoms with Gasteiger partial charge in [-0.15, -0.1) is 0 Å². The highest BCUT2D eigenvalue weighted by Gasteiger charge is 2.37.